The molecule has 0 unspecified atom stereocenters. The molecule has 0 aliphatic carbocycles. The van der Waals surface area contributed by atoms with Crippen LogP contribution in [0.4, 0.5) is 11.4 Å². The van der Waals surface area contributed by atoms with Crippen LogP contribution in [0.3, 0.4) is 0 Å². The number of nitrogens with zero attached hydrogens (tertiary/aromatic N) is 3. The largest absolute Gasteiger partial charge is 0.378 e. The van der Waals surface area contributed by atoms with E-state index in [1.807, 2.05) is 20.0 Å². The van der Waals surface area contributed by atoms with Gasteiger partial charge in [0.1, 0.15) is 10.5 Å². The van der Waals surface area contributed by atoms with Crippen LogP contribution in [0.1, 0.15) is 15.4 Å². The van der Waals surface area contributed by atoms with Gasteiger partial charge in [-0.05, 0) is 19.1 Å². The Kier molecular flexibility index (Phi) is 4.66. The normalized spacial score (nSPS) is 10.8. The summed E-state index contributed by atoms with van der Waals surface area (Å²) in [5.41, 5.74) is 1.34. The van der Waals surface area contributed by atoms with Crippen LogP contribution >= 0.6 is 11.3 Å². The molecule has 0 bridgehead atoms. The third-order valence-electron chi connectivity index (χ3n) is 3.75. The Hall–Kier alpha value is -2.94. The molecule has 9 heteroatoms. The van der Waals surface area contributed by atoms with E-state index in [9.17, 15) is 14.9 Å². The molecule has 3 aromatic rings. The number of anilines is 1. The van der Waals surface area contributed by atoms with E-state index in [0.717, 1.165) is 15.9 Å². The Morgan fingerprint density at radius 2 is 2.12 bits per heavy atom. The number of nitro groups is 1. The maximum atomic E-state index is 12.3. The molecule has 1 amide bonds. The number of nitro benzene ring substituents is 1. The van der Waals surface area contributed by atoms with Crippen LogP contribution in [0.5, 0.6) is 0 Å². The Labute approximate surface area is 147 Å². The van der Waals surface area contributed by atoms with Crippen molar-refractivity contribution in [1.82, 2.24) is 15.1 Å². The number of aromatic nitrogens is 2. The number of fused-ring (bicyclic) bond motifs is 1. The summed E-state index contributed by atoms with van der Waals surface area (Å²) in [5, 5.41) is 22.0. The van der Waals surface area contributed by atoms with Crippen LogP contribution in [-0.4, -0.2) is 33.7 Å². The summed E-state index contributed by atoms with van der Waals surface area (Å²) in [5.74, 6) is -0.162. The molecule has 0 fully saturated rings. The molecule has 0 spiro atoms. The average Bonchev–Trinajstić information content (AvgIpc) is 3.14. The number of para-hydroxylation sites is 2. The van der Waals surface area contributed by atoms with Gasteiger partial charge in [-0.1, -0.05) is 12.1 Å². The second-order valence-electron chi connectivity index (χ2n) is 5.50. The fourth-order valence-electron chi connectivity index (χ4n) is 2.56. The third-order valence-corrected chi connectivity index (χ3v) is 4.95. The number of thiophene rings is 1. The molecule has 0 saturated carbocycles. The second-order valence-corrected chi connectivity index (χ2v) is 6.53. The van der Waals surface area contributed by atoms with Crippen LogP contribution in [0.25, 0.3) is 10.2 Å². The first-order valence-corrected chi connectivity index (χ1v) is 8.47. The number of benzene rings is 1. The van der Waals surface area contributed by atoms with Gasteiger partial charge in [-0.15, -0.1) is 11.3 Å². The van der Waals surface area contributed by atoms with Gasteiger partial charge in [0.05, 0.1) is 15.5 Å². The quantitative estimate of drug-likeness (QED) is 0.400. The van der Waals surface area contributed by atoms with E-state index in [4.69, 9.17) is 0 Å². The maximum Gasteiger partial charge on any atom is 0.292 e. The van der Waals surface area contributed by atoms with Crippen molar-refractivity contribution in [3.63, 3.8) is 0 Å². The van der Waals surface area contributed by atoms with Crippen LogP contribution in [0.2, 0.25) is 0 Å². The van der Waals surface area contributed by atoms with Crippen molar-refractivity contribution in [2.75, 3.05) is 18.4 Å². The molecule has 8 nitrogen and oxygen atoms in total. The summed E-state index contributed by atoms with van der Waals surface area (Å²) in [6.07, 6.45) is 0. The number of carbonyl (C=O) groups is 1. The van der Waals surface area contributed by atoms with Crippen LogP contribution in [-0.2, 0) is 7.05 Å². The molecule has 0 atom stereocenters. The fraction of sp³-hybridized carbons (Fsp3) is 0.250. The fourth-order valence-corrected chi connectivity index (χ4v) is 3.60. The summed E-state index contributed by atoms with van der Waals surface area (Å²) in [7, 11) is 1.85. The van der Waals surface area contributed by atoms with E-state index in [1.165, 1.54) is 17.4 Å². The van der Waals surface area contributed by atoms with Crippen molar-refractivity contribution in [3.8, 4) is 0 Å². The predicted molar refractivity (Wildman–Crippen MR) is 97.2 cm³/mol. The van der Waals surface area contributed by atoms with Crippen LogP contribution in [0, 0.1) is 17.0 Å². The molecule has 0 aliphatic rings. The lowest BCUT2D eigenvalue weighted by atomic mass is 10.2. The van der Waals surface area contributed by atoms with Crippen molar-refractivity contribution in [3.05, 3.63) is 51.0 Å². The maximum absolute atomic E-state index is 12.3. The number of hydrogen-bond donors (Lipinski definition) is 2. The van der Waals surface area contributed by atoms with Gasteiger partial charge in [0.15, 0.2) is 0 Å². The summed E-state index contributed by atoms with van der Waals surface area (Å²) in [4.78, 5) is 24.4. The van der Waals surface area contributed by atoms with Gasteiger partial charge in [0.2, 0.25) is 0 Å². The number of hydrogen-bond acceptors (Lipinski definition) is 6. The van der Waals surface area contributed by atoms with Crippen molar-refractivity contribution in [2.24, 2.45) is 7.05 Å². The molecular formula is C16H17N5O3S. The molecule has 130 valence electrons. The number of rotatable bonds is 6. The predicted octanol–water partition coefficient (Wildman–Crippen LogP) is 2.69. The van der Waals surface area contributed by atoms with Crippen molar-refractivity contribution < 1.29 is 9.72 Å². The summed E-state index contributed by atoms with van der Waals surface area (Å²) < 4.78 is 1.77. The number of amides is 1. The highest BCUT2D eigenvalue weighted by atomic mass is 32.1. The molecule has 0 aliphatic heterocycles. The number of carbonyl (C=O) groups excluding carboxylic acids is 1. The number of aryl methyl sites for hydroxylation is 2. The summed E-state index contributed by atoms with van der Waals surface area (Å²) in [6, 6.07) is 8.26. The Morgan fingerprint density at radius 3 is 2.84 bits per heavy atom. The Balaban J connectivity index is 1.57. The highest BCUT2D eigenvalue weighted by Crippen LogP contribution is 2.27. The SMILES string of the molecule is Cc1nn(C)c2sc(C(=O)NCCNc3ccccc3[N+](=O)[O-])cc12. The van der Waals surface area contributed by atoms with E-state index in [0.29, 0.717) is 23.7 Å². The molecule has 2 aromatic heterocycles. The zero-order valence-electron chi connectivity index (χ0n) is 13.8. The molecule has 1 aromatic carbocycles. The minimum Gasteiger partial charge on any atom is -0.378 e. The van der Waals surface area contributed by atoms with E-state index < -0.39 is 4.92 Å². The molecular weight excluding hydrogens is 342 g/mol. The van der Waals surface area contributed by atoms with Gasteiger partial charge in [0.25, 0.3) is 11.6 Å². The van der Waals surface area contributed by atoms with E-state index in [1.54, 1.807) is 22.9 Å². The highest BCUT2D eigenvalue weighted by Gasteiger charge is 2.15. The molecule has 3 rings (SSSR count). The Morgan fingerprint density at radius 1 is 1.36 bits per heavy atom. The molecule has 0 saturated heterocycles. The van der Waals surface area contributed by atoms with Gasteiger partial charge in [-0.25, -0.2) is 0 Å². The van der Waals surface area contributed by atoms with E-state index in [-0.39, 0.29) is 11.6 Å². The van der Waals surface area contributed by atoms with Gasteiger partial charge in [-0.3, -0.25) is 19.6 Å². The zero-order chi connectivity index (χ0) is 18.0. The lowest BCUT2D eigenvalue weighted by Crippen LogP contribution is -2.28. The van der Waals surface area contributed by atoms with Crippen molar-refractivity contribution in [2.45, 2.75) is 6.92 Å². The molecule has 25 heavy (non-hydrogen) atoms. The molecule has 2 heterocycles. The average molecular weight is 359 g/mol. The lowest BCUT2D eigenvalue weighted by molar-refractivity contribution is -0.384. The topological polar surface area (TPSA) is 102 Å². The molecule has 0 radical (unpaired) electrons. The summed E-state index contributed by atoms with van der Waals surface area (Å²) in [6.45, 7) is 2.66. The van der Waals surface area contributed by atoms with E-state index in [2.05, 4.69) is 15.7 Å². The smallest absolute Gasteiger partial charge is 0.292 e. The number of nitrogens with one attached hydrogen (secondary N) is 2. The first kappa shape index (κ1) is 16.9. The highest BCUT2D eigenvalue weighted by molar-refractivity contribution is 7.20. The van der Waals surface area contributed by atoms with Crippen molar-refractivity contribution in [1.29, 1.82) is 0 Å². The van der Waals surface area contributed by atoms with Gasteiger partial charge >= 0.3 is 0 Å². The van der Waals surface area contributed by atoms with Crippen LogP contribution < -0.4 is 10.6 Å². The summed E-state index contributed by atoms with van der Waals surface area (Å²) >= 11 is 1.39. The van der Waals surface area contributed by atoms with E-state index >= 15 is 0 Å². The second kappa shape index (κ2) is 6.89. The van der Waals surface area contributed by atoms with Gasteiger partial charge < -0.3 is 10.6 Å². The first-order valence-electron chi connectivity index (χ1n) is 7.66. The monoisotopic (exact) mass is 359 g/mol. The molecule has 2 N–H and O–H groups in total. The lowest BCUT2D eigenvalue weighted by Gasteiger charge is -2.07. The standard InChI is InChI=1S/C16H17N5O3S/c1-10-11-9-14(25-16(11)20(2)19-10)15(22)18-8-7-17-12-5-3-4-6-13(12)21(23)24/h3-6,9,17H,7-8H2,1-2H3,(H,18,22). The minimum absolute atomic E-state index is 0.0151. The van der Waals surface area contributed by atoms with Gasteiger partial charge in [0, 0.05) is 31.6 Å². The van der Waals surface area contributed by atoms with Gasteiger partial charge in [-0.2, -0.15) is 5.10 Å². The first-order chi connectivity index (χ1) is 12.0. The minimum atomic E-state index is -0.436. The van der Waals surface area contributed by atoms with Crippen LogP contribution in [0.15, 0.2) is 30.3 Å². The third kappa shape index (κ3) is 3.45. The zero-order valence-corrected chi connectivity index (χ0v) is 14.6. The Bertz CT molecular complexity index is 912. The van der Waals surface area contributed by atoms with Crippen molar-refractivity contribution >= 4 is 38.8 Å².